The number of hydrogen-bond donors (Lipinski definition) is 1. The van der Waals surface area contributed by atoms with Gasteiger partial charge in [0.15, 0.2) is 11.5 Å². The molecule has 3 nitrogen and oxygen atoms in total. The number of piperidine rings is 1. The zero-order valence-corrected chi connectivity index (χ0v) is 11.0. The van der Waals surface area contributed by atoms with Gasteiger partial charge in [0.2, 0.25) is 0 Å². The highest BCUT2D eigenvalue weighted by Gasteiger charge is 2.20. The van der Waals surface area contributed by atoms with Crippen molar-refractivity contribution in [2.45, 2.75) is 31.7 Å². The molecule has 1 aromatic rings. The van der Waals surface area contributed by atoms with Crippen LogP contribution in [0, 0.1) is 5.82 Å². The summed E-state index contributed by atoms with van der Waals surface area (Å²) in [5.74, 6) is 0.884. The van der Waals surface area contributed by atoms with Gasteiger partial charge >= 0.3 is 0 Å². The molecule has 1 fully saturated rings. The molecule has 0 bridgehead atoms. The summed E-state index contributed by atoms with van der Waals surface area (Å²) < 4.78 is 24.5. The van der Waals surface area contributed by atoms with Crippen LogP contribution in [-0.2, 0) is 6.42 Å². The first kappa shape index (κ1) is 13.1. The Hall–Kier alpha value is -1.29. The molecule has 18 heavy (non-hydrogen) atoms. The van der Waals surface area contributed by atoms with Crippen molar-refractivity contribution in [3.8, 4) is 11.5 Å². The smallest absolute Gasteiger partial charge is 0.166 e. The highest BCUT2D eigenvalue weighted by molar-refractivity contribution is 5.47. The molecule has 1 aromatic carbocycles. The van der Waals surface area contributed by atoms with Crippen molar-refractivity contribution in [3.05, 3.63) is 23.5 Å². The third-order valence-electron chi connectivity index (χ3n) is 3.45. The van der Waals surface area contributed by atoms with E-state index in [1.807, 2.05) is 0 Å². The van der Waals surface area contributed by atoms with Crippen molar-refractivity contribution in [2.24, 2.45) is 0 Å². The molecular weight excluding hydrogens is 233 g/mol. The Labute approximate surface area is 107 Å². The van der Waals surface area contributed by atoms with Gasteiger partial charge in [0.25, 0.3) is 0 Å². The summed E-state index contributed by atoms with van der Waals surface area (Å²) in [6.45, 7) is 1.01. The monoisotopic (exact) mass is 253 g/mol. The maximum Gasteiger partial charge on any atom is 0.166 e. The van der Waals surface area contributed by atoms with Crippen LogP contribution >= 0.6 is 0 Å². The fraction of sp³-hybridized carbons (Fsp3) is 0.571. The van der Waals surface area contributed by atoms with Crippen molar-refractivity contribution in [1.29, 1.82) is 0 Å². The highest BCUT2D eigenvalue weighted by Crippen LogP contribution is 2.34. The van der Waals surface area contributed by atoms with E-state index in [0.29, 0.717) is 29.5 Å². The van der Waals surface area contributed by atoms with Gasteiger partial charge in [-0.25, -0.2) is 4.39 Å². The van der Waals surface area contributed by atoms with E-state index < -0.39 is 0 Å². The van der Waals surface area contributed by atoms with Gasteiger partial charge in [0, 0.05) is 11.6 Å². The average molecular weight is 253 g/mol. The molecule has 1 aliphatic heterocycles. The van der Waals surface area contributed by atoms with Crippen molar-refractivity contribution in [3.63, 3.8) is 0 Å². The Balaban J connectivity index is 2.24. The molecule has 1 atom stereocenters. The van der Waals surface area contributed by atoms with E-state index in [9.17, 15) is 4.39 Å². The van der Waals surface area contributed by atoms with Crippen molar-refractivity contribution in [2.75, 3.05) is 20.8 Å². The van der Waals surface area contributed by atoms with Crippen LogP contribution in [0.2, 0.25) is 0 Å². The molecule has 100 valence electrons. The van der Waals surface area contributed by atoms with Crippen LogP contribution < -0.4 is 14.8 Å². The Morgan fingerprint density at radius 1 is 1.28 bits per heavy atom. The van der Waals surface area contributed by atoms with Crippen LogP contribution in [0.25, 0.3) is 0 Å². The van der Waals surface area contributed by atoms with Gasteiger partial charge in [-0.05, 0) is 37.9 Å². The first-order valence-electron chi connectivity index (χ1n) is 6.39. The summed E-state index contributed by atoms with van der Waals surface area (Å²) >= 11 is 0. The predicted molar refractivity (Wildman–Crippen MR) is 68.8 cm³/mol. The molecule has 1 aliphatic rings. The standard InChI is InChI=1S/C14H20FNO2/c1-17-13-7-6-12(15)11(14(13)18-2)9-10-5-3-4-8-16-10/h6-7,10,16H,3-5,8-9H2,1-2H3. The molecule has 1 saturated heterocycles. The first-order chi connectivity index (χ1) is 8.76. The summed E-state index contributed by atoms with van der Waals surface area (Å²) in [5.41, 5.74) is 0.608. The highest BCUT2D eigenvalue weighted by atomic mass is 19.1. The van der Waals surface area contributed by atoms with Crippen molar-refractivity contribution in [1.82, 2.24) is 5.32 Å². The number of hydrogen-bond acceptors (Lipinski definition) is 3. The molecule has 0 saturated carbocycles. The van der Waals surface area contributed by atoms with Crippen LogP contribution in [-0.4, -0.2) is 26.8 Å². The molecule has 0 aromatic heterocycles. The van der Waals surface area contributed by atoms with Crippen LogP contribution in [0.5, 0.6) is 11.5 Å². The van der Waals surface area contributed by atoms with E-state index in [0.717, 1.165) is 13.0 Å². The topological polar surface area (TPSA) is 30.5 Å². The second kappa shape index (κ2) is 6.05. The van der Waals surface area contributed by atoms with Crippen LogP contribution in [0.1, 0.15) is 24.8 Å². The summed E-state index contributed by atoms with van der Waals surface area (Å²) in [6, 6.07) is 3.38. The number of methoxy groups -OCH3 is 2. The normalized spacial score (nSPS) is 19.6. The quantitative estimate of drug-likeness (QED) is 0.894. The largest absolute Gasteiger partial charge is 0.493 e. The minimum atomic E-state index is -0.222. The van der Waals surface area contributed by atoms with Gasteiger partial charge in [-0.3, -0.25) is 0 Å². The molecular formula is C14H20FNO2. The average Bonchev–Trinajstić information content (AvgIpc) is 2.42. The Bertz CT molecular complexity index is 403. The maximum atomic E-state index is 13.9. The number of halogens is 1. The van der Waals surface area contributed by atoms with Gasteiger partial charge in [0.05, 0.1) is 14.2 Å². The van der Waals surface area contributed by atoms with Crippen LogP contribution in [0.4, 0.5) is 4.39 Å². The van der Waals surface area contributed by atoms with Crippen molar-refractivity contribution >= 4 is 0 Å². The zero-order valence-electron chi connectivity index (χ0n) is 11.0. The molecule has 0 spiro atoms. The van der Waals surface area contributed by atoms with Gasteiger partial charge in [0.1, 0.15) is 5.82 Å². The van der Waals surface area contributed by atoms with E-state index in [2.05, 4.69) is 5.32 Å². The summed E-state index contributed by atoms with van der Waals surface area (Å²) in [5, 5.41) is 3.42. The molecule has 0 amide bonds. The SMILES string of the molecule is COc1ccc(F)c(CC2CCCCN2)c1OC. The predicted octanol–water partition coefficient (Wildman–Crippen LogP) is 2.53. The van der Waals surface area contributed by atoms with E-state index in [-0.39, 0.29) is 5.82 Å². The first-order valence-corrected chi connectivity index (χ1v) is 6.39. The molecule has 0 radical (unpaired) electrons. The van der Waals surface area contributed by atoms with Crippen molar-refractivity contribution < 1.29 is 13.9 Å². The number of ether oxygens (including phenoxy) is 2. The van der Waals surface area contributed by atoms with E-state index in [1.165, 1.54) is 18.9 Å². The summed E-state index contributed by atoms with van der Waals surface area (Å²) in [4.78, 5) is 0. The second-order valence-corrected chi connectivity index (χ2v) is 4.61. The zero-order chi connectivity index (χ0) is 13.0. The lowest BCUT2D eigenvalue weighted by Crippen LogP contribution is -2.35. The number of benzene rings is 1. The Morgan fingerprint density at radius 3 is 2.72 bits per heavy atom. The minimum Gasteiger partial charge on any atom is -0.493 e. The Morgan fingerprint density at radius 2 is 2.11 bits per heavy atom. The molecule has 2 rings (SSSR count). The van der Waals surface area contributed by atoms with Gasteiger partial charge in [-0.2, -0.15) is 0 Å². The third-order valence-corrected chi connectivity index (χ3v) is 3.45. The van der Waals surface area contributed by atoms with Gasteiger partial charge < -0.3 is 14.8 Å². The fourth-order valence-electron chi connectivity index (χ4n) is 2.50. The van der Waals surface area contributed by atoms with E-state index in [4.69, 9.17) is 9.47 Å². The van der Waals surface area contributed by atoms with E-state index in [1.54, 1.807) is 20.3 Å². The van der Waals surface area contributed by atoms with Gasteiger partial charge in [-0.1, -0.05) is 6.42 Å². The molecule has 0 aliphatic carbocycles. The lowest BCUT2D eigenvalue weighted by molar-refractivity contribution is 0.340. The lowest BCUT2D eigenvalue weighted by atomic mass is 9.96. The van der Waals surface area contributed by atoms with E-state index >= 15 is 0 Å². The summed E-state index contributed by atoms with van der Waals surface area (Å²) in [6.07, 6.45) is 4.13. The summed E-state index contributed by atoms with van der Waals surface area (Å²) in [7, 11) is 3.12. The fourth-order valence-corrected chi connectivity index (χ4v) is 2.50. The third kappa shape index (κ3) is 2.75. The molecule has 4 heteroatoms. The maximum absolute atomic E-state index is 13.9. The molecule has 1 heterocycles. The molecule has 1 N–H and O–H groups in total. The Kier molecular flexibility index (Phi) is 4.42. The second-order valence-electron chi connectivity index (χ2n) is 4.61. The molecule has 1 unspecified atom stereocenters. The van der Waals surface area contributed by atoms with Crippen LogP contribution in [0.3, 0.4) is 0 Å². The minimum absolute atomic E-state index is 0.222. The number of nitrogens with one attached hydrogen (secondary N) is 1. The number of rotatable bonds is 4. The lowest BCUT2D eigenvalue weighted by Gasteiger charge is -2.24. The van der Waals surface area contributed by atoms with Gasteiger partial charge in [-0.15, -0.1) is 0 Å². The van der Waals surface area contributed by atoms with Crippen LogP contribution in [0.15, 0.2) is 12.1 Å².